The number of nitro groups is 1. The first-order valence-electron chi connectivity index (χ1n) is 13.5. The number of ether oxygens (including phenoxy) is 1. The number of aromatic hydroxyl groups is 1. The van der Waals surface area contributed by atoms with Crippen LogP contribution in [0, 0.1) is 33.8 Å². The molecule has 2 fully saturated rings. The van der Waals surface area contributed by atoms with Crippen molar-refractivity contribution in [2.45, 2.75) is 71.1 Å². The first kappa shape index (κ1) is 25.0. The number of hydrogen-bond acceptors (Lipinski definition) is 6. The average Bonchev–Trinajstić information content (AvgIpc) is 3.36. The normalized spacial score (nSPS) is 24.6. The summed E-state index contributed by atoms with van der Waals surface area (Å²) >= 11 is 1.38. The molecule has 1 aromatic heterocycles. The van der Waals surface area contributed by atoms with Crippen LogP contribution < -0.4 is 4.74 Å². The molecule has 6 nitrogen and oxygen atoms in total. The fourth-order valence-corrected chi connectivity index (χ4v) is 7.33. The summed E-state index contributed by atoms with van der Waals surface area (Å²) in [6.45, 7) is 2.99. The predicted molar refractivity (Wildman–Crippen MR) is 145 cm³/mol. The Morgan fingerprint density at radius 3 is 2.22 bits per heavy atom. The number of fused-ring (bicyclic) bond motifs is 1. The van der Waals surface area contributed by atoms with Gasteiger partial charge in [-0.2, -0.15) is 0 Å². The molecule has 192 valence electrons. The van der Waals surface area contributed by atoms with Crippen molar-refractivity contribution >= 4 is 27.2 Å². The van der Waals surface area contributed by atoms with E-state index in [9.17, 15) is 15.2 Å². The van der Waals surface area contributed by atoms with Crippen molar-refractivity contribution in [2.75, 3.05) is 6.61 Å². The molecule has 1 heterocycles. The van der Waals surface area contributed by atoms with E-state index in [2.05, 4.69) is 6.92 Å². The van der Waals surface area contributed by atoms with E-state index in [0.29, 0.717) is 33.5 Å². The van der Waals surface area contributed by atoms with Gasteiger partial charge in [0.1, 0.15) is 26.7 Å². The second kappa shape index (κ2) is 11.2. The van der Waals surface area contributed by atoms with Crippen LogP contribution in [0.1, 0.15) is 71.1 Å². The van der Waals surface area contributed by atoms with Gasteiger partial charge in [0.05, 0.1) is 11.5 Å². The summed E-state index contributed by atoms with van der Waals surface area (Å²) in [5, 5.41) is 22.1. The summed E-state index contributed by atoms with van der Waals surface area (Å²) in [4.78, 5) is 15.3. The maximum Gasteiger partial charge on any atom is 0.269 e. The zero-order valence-corrected chi connectivity index (χ0v) is 21.8. The smallest absolute Gasteiger partial charge is 0.269 e. The van der Waals surface area contributed by atoms with Crippen molar-refractivity contribution in [2.24, 2.45) is 23.7 Å². The van der Waals surface area contributed by atoms with Gasteiger partial charge in [-0.3, -0.25) is 10.1 Å². The van der Waals surface area contributed by atoms with Gasteiger partial charge in [-0.05, 0) is 86.5 Å². The number of thiazole rings is 1. The average molecular weight is 509 g/mol. The summed E-state index contributed by atoms with van der Waals surface area (Å²) in [6.07, 6.45) is 13.6. The highest BCUT2D eigenvalue weighted by Crippen LogP contribution is 2.43. The molecule has 36 heavy (non-hydrogen) atoms. The summed E-state index contributed by atoms with van der Waals surface area (Å²) < 4.78 is 6.96. The van der Waals surface area contributed by atoms with E-state index in [1.54, 1.807) is 24.3 Å². The zero-order chi connectivity index (χ0) is 25.1. The monoisotopic (exact) mass is 508 g/mol. The first-order valence-corrected chi connectivity index (χ1v) is 14.3. The van der Waals surface area contributed by atoms with Crippen LogP contribution in [-0.4, -0.2) is 21.6 Å². The van der Waals surface area contributed by atoms with Gasteiger partial charge < -0.3 is 9.84 Å². The number of nitrogens with zero attached hydrogens (tertiary/aromatic N) is 2. The maximum absolute atomic E-state index is 11.0. The minimum atomic E-state index is -0.411. The Labute approximate surface area is 216 Å². The summed E-state index contributed by atoms with van der Waals surface area (Å²) in [5.74, 6) is 4.25. The van der Waals surface area contributed by atoms with Gasteiger partial charge in [-0.15, -0.1) is 11.3 Å². The van der Waals surface area contributed by atoms with Crippen LogP contribution in [0.15, 0.2) is 36.4 Å². The van der Waals surface area contributed by atoms with E-state index in [1.807, 2.05) is 0 Å². The quantitative estimate of drug-likeness (QED) is 0.244. The number of phenolic OH excluding ortho intramolecular Hbond substituents is 1. The van der Waals surface area contributed by atoms with Crippen LogP contribution in [0.2, 0.25) is 0 Å². The van der Waals surface area contributed by atoms with Gasteiger partial charge in [0.2, 0.25) is 0 Å². The van der Waals surface area contributed by atoms with Crippen LogP contribution >= 0.6 is 11.3 Å². The highest BCUT2D eigenvalue weighted by Gasteiger charge is 2.31. The van der Waals surface area contributed by atoms with E-state index in [4.69, 9.17) is 9.72 Å². The molecule has 2 aliphatic carbocycles. The molecule has 0 spiro atoms. The standard InChI is InChI=1S/C29H36N2O4S/c1-2-3-19-4-8-21(9-5-19)22-10-6-20(7-11-22)18-35-26-17-16-25(32)28-27(26)30-29(36-28)23-12-14-24(15-13-23)31(33)34/h12-17,19-22,32H,2-11,18H2,1H3. The van der Waals surface area contributed by atoms with Gasteiger partial charge in [-0.25, -0.2) is 4.98 Å². The largest absolute Gasteiger partial charge is 0.506 e. The van der Waals surface area contributed by atoms with Crippen molar-refractivity contribution in [3.8, 4) is 22.1 Å². The maximum atomic E-state index is 11.0. The Morgan fingerprint density at radius 1 is 0.972 bits per heavy atom. The minimum Gasteiger partial charge on any atom is -0.506 e. The molecule has 0 radical (unpaired) electrons. The predicted octanol–water partition coefficient (Wildman–Crippen LogP) is 8.37. The second-order valence-corrected chi connectivity index (χ2v) is 11.7. The molecule has 5 rings (SSSR count). The van der Waals surface area contributed by atoms with E-state index < -0.39 is 4.92 Å². The van der Waals surface area contributed by atoms with Gasteiger partial charge in [0, 0.05) is 17.7 Å². The van der Waals surface area contributed by atoms with E-state index in [0.717, 1.165) is 23.3 Å². The molecular weight excluding hydrogens is 472 g/mol. The number of non-ortho nitro benzene ring substituents is 1. The van der Waals surface area contributed by atoms with E-state index >= 15 is 0 Å². The number of phenols is 1. The molecule has 0 bridgehead atoms. The van der Waals surface area contributed by atoms with E-state index in [-0.39, 0.29) is 11.4 Å². The molecule has 0 unspecified atom stereocenters. The second-order valence-electron chi connectivity index (χ2n) is 10.7. The molecule has 0 saturated heterocycles. The minimum absolute atomic E-state index is 0.0469. The van der Waals surface area contributed by atoms with Crippen molar-refractivity contribution < 1.29 is 14.8 Å². The number of aromatic nitrogens is 1. The number of benzene rings is 2. The Hall–Kier alpha value is -2.67. The highest BCUT2D eigenvalue weighted by atomic mass is 32.1. The Morgan fingerprint density at radius 2 is 1.61 bits per heavy atom. The molecule has 2 saturated carbocycles. The van der Waals surface area contributed by atoms with Crippen LogP contribution in [-0.2, 0) is 0 Å². The first-order chi connectivity index (χ1) is 17.5. The lowest BCUT2D eigenvalue weighted by Crippen LogP contribution is -2.27. The van der Waals surface area contributed by atoms with Crippen molar-refractivity contribution in [3.05, 3.63) is 46.5 Å². The number of rotatable bonds is 8. The third kappa shape index (κ3) is 5.51. The lowest BCUT2D eigenvalue weighted by Gasteiger charge is -2.37. The summed E-state index contributed by atoms with van der Waals surface area (Å²) in [7, 11) is 0. The topological polar surface area (TPSA) is 85.5 Å². The number of nitro benzene ring substituents is 1. The molecular formula is C29H36N2O4S. The molecule has 1 N–H and O–H groups in total. The molecule has 2 aromatic carbocycles. The SMILES string of the molecule is CCCC1CCC(C2CCC(COc3ccc(O)c4sc(-c5ccc([N+](=O)[O-])cc5)nc34)CC2)CC1. The molecule has 0 amide bonds. The van der Waals surface area contributed by atoms with Gasteiger partial charge in [0.25, 0.3) is 5.69 Å². The fourth-order valence-electron chi connectivity index (χ4n) is 6.33. The fraction of sp³-hybridized carbons (Fsp3) is 0.552. The van der Waals surface area contributed by atoms with Crippen LogP contribution in [0.3, 0.4) is 0 Å². The van der Waals surface area contributed by atoms with Crippen LogP contribution in [0.4, 0.5) is 5.69 Å². The van der Waals surface area contributed by atoms with Gasteiger partial charge >= 0.3 is 0 Å². The van der Waals surface area contributed by atoms with Crippen LogP contribution in [0.5, 0.6) is 11.5 Å². The third-order valence-electron chi connectivity index (χ3n) is 8.43. The van der Waals surface area contributed by atoms with Crippen LogP contribution in [0.25, 0.3) is 20.8 Å². The summed E-state index contributed by atoms with van der Waals surface area (Å²) in [6, 6.07) is 9.82. The molecule has 3 aromatic rings. The molecule has 0 atom stereocenters. The molecule has 0 aliphatic heterocycles. The Balaban J connectivity index is 1.19. The number of hydrogen-bond donors (Lipinski definition) is 1. The molecule has 2 aliphatic rings. The zero-order valence-electron chi connectivity index (χ0n) is 21.0. The Bertz CT molecular complexity index is 1180. The van der Waals surface area contributed by atoms with E-state index in [1.165, 1.54) is 87.7 Å². The molecule has 7 heteroatoms. The van der Waals surface area contributed by atoms with Crippen molar-refractivity contribution in [1.29, 1.82) is 0 Å². The lowest BCUT2D eigenvalue weighted by molar-refractivity contribution is -0.384. The van der Waals surface area contributed by atoms with Crippen molar-refractivity contribution in [3.63, 3.8) is 0 Å². The van der Waals surface area contributed by atoms with Gasteiger partial charge in [0.15, 0.2) is 0 Å². The van der Waals surface area contributed by atoms with Gasteiger partial charge in [-0.1, -0.05) is 32.6 Å². The summed E-state index contributed by atoms with van der Waals surface area (Å²) in [5.41, 5.74) is 1.49. The Kier molecular flexibility index (Phi) is 7.75. The highest BCUT2D eigenvalue weighted by molar-refractivity contribution is 7.22. The van der Waals surface area contributed by atoms with Crippen molar-refractivity contribution in [1.82, 2.24) is 4.98 Å². The third-order valence-corrected chi connectivity index (χ3v) is 9.56. The lowest BCUT2D eigenvalue weighted by atomic mass is 9.69.